The standard InChI is InChI=1S/C24H25BrN4O5/c25-16-9-7-15(8-10-16)19-17-18(24(28-19,22(32)33)11-4-12-27-23(26)34)21(31)29(20(17)30)13-14-5-2-1-3-6-14/h1-3,5-10,17-19,28H,4,11-13H2,(H,32,33)(H3,26,27,34). The van der Waals surface area contributed by atoms with E-state index in [-0.39, 0.29) is 25.9 Å². The van der Waals surface area contributed by atoms with Gasteiger partial charge in [0.1, 0.15) is 5.54 Å². The van der Waals surface area contributed by atoms with Crippen LogP contribution in [0, 0.1) is 11.8 Å². The third-order valence-electron chi connectivity index (χ3n) is 6.59. The van der Waals surface area contributed by atoms with Crippen LogP contribution in [-0.4, -0.2) is 45.9 Å². The second-order valence-electron chi connectivity index (χ2n) is 8.60. The van der Waals surface area contributed by atoms with Crippen molar-refractivity contribution in [2.24, 2.45) is 17.6 Å². The van der Waals surface area contributed by atoms with E-state index in [1.54, 1.807) is 0 Å². The fraction of sp³-hybridized carbons (Fsp3) is 0.333. The number of likely N-dealkylation sites (tertiary alicyclic amines) is 1. The average molecular weight is 529 g/mol. The molecular weight excluding hydrogens is 504 g/mol. The smallest absolute Gasteiger partial charge is 0.324 e. The number of carboxylic acid groups (broad SMARTS) is 1. The number of carbonyl (C=O) groups is 4. The van der Waals surface area contributed by atoms with Crippen molar-refractivity contribution in [3.63, 3.8) is 0 Å². The lowest BCUT2D eigenvalue weighted by atomic mass is 9.77. The quantitative estimate of drug-likeness (QED) is 0.305. The number of urea groups is 1. The molecule has 2 aromatic rings. The van der Waals surface area contributed by atoms with E-state index < -0.39 is 47.2 Å². The van der Waals surface area contributed by atoms with Crippen LogP contribution in [0.25, 0.3) is 0 Å². The summed E-state index contributed by atoms with van der Waals surface area (Å²) in [7, 11) is 0. The van der Waals surface area contributed by atoms with E-state index in [4.69, 9.17) is 5.73 Å². The number of amides is 4. The topological polar surface area (TPSA) is 142 Å². The first kappa shape index (κ1) is 23.9. The molecule has 34 heavy (non-hydrogen) atoms. The van der Waals surface area contributed by atoms with Crippen molar-refractivity contribution in [1.82, 2.24) is 15.5 Å². The van der Waals surface area contributed by atoms with Crippen LogP contribution in [0.3, 0.4) is 0 Å². The molecule has 0 saturated carbocycles. The Morgan fingerprint density at radius 3 is 2.38 bits per heavy atom. The minimum Gasteiger partial charge on any atom is -0.480 e. The molecule has 0 aliphatic carbocycles. The predicted octanol–water partition coefficient (Wildman–Crippen LogP) is 2.17. The van der Waals surface area contributed by atoms with E-state index in [9.17, 15) is 24.3 Å². The van der Waals surface area contributed by atoms with Gasteiger partial charge in [0.25, 0.3) is 0 Å². The van der Waals surface area contributed by atoms with Gasteiger partial charge in [0, 0.05) is 17.1 Å². The number of hydrogen-bond donors (Lipinski definition) is 4. The number of nitrogens with one attached hydrogen (secondary N) is 2. The SMILES string of the molecule is NC(=O)NCCCC1(C(=O)O)NC(c2ccc(Br)cc2)C2C(=O)N(Cc3ccccc3)C(=O)C21. The summed E-state index contributed by atoms with van der Waals surface area (Å²) in [4.78, 5) is 52.1. The van der Waals surface area contributed by atoms with Gasteiger partial charge in [-0.05, 0) is 36.1 Å². The number of primary amides is 1. The van der Waals surface area contributed by atoms with Crippen molar-refractivity contribution in [3.8, 4) is 0 Å². The van der Waals surface area contributed by atoms with Gasteiger partial charge in [-0.2, -0.15) is 0 Å². The van der Waals surface area contributed by atoms with Gasteiger partial charge < -0.3 is 16.2 Å². The van der Waals surface area contributed by atoms with Crippen molar-refractivity contribution < 1.29 is 24.3 Å². The molecular formula is C24H25BrN4O5. The van der Waals surface area contributed by atoms with Crippen molar-refractivity contribution in [2.45, 2.75) is 31.0 Å². The molecule has 4 amide bonds. The summed E-state index contributed by atoms with van der Waals surface area (Å²) in [5.41, 5.74) is 4.95. The van der Waals surface area contributed by atoms with E-state index >= 15 is 0 Å². The third kappa shape index (κ3) is 4.30. The predicted molar refractivity (Wildman–Crippen MR) is 126 cm³/mol. The number of carbonyl (C=O) groups excluding carboxylic acids is 3. The van der Waals surface area contributed by atoms with Gasteiger partial charge in [-0.15, -0.1) is 0 Å². The Hall–Kier alpha value is -3.24. The van der Waals surface area contributed by atoms with Crippen molar-refractivity contribution in [1.29, 1.82) is 0 Å². The average Bonchev–Trinajstić information content (AvgIpc) is 3.28. The van der Waals surface area contributed by atoms with Gasteiger partial charge in [0.15, 0.2) is 0 Å². The zero-order chi connectivity index (χ0) is 24.5. The number of nitrogens with two attached hydrogens (primary N) is 1. The zero-order valence-electron chi connectivity index (χ0n) is 18.2. The Kier molecular flexibility index (Phi) is 6.72. The number of hydrogen-bond acceptors (Lipinski definition) is 5. The summed E-state index contributed by atoms with van der Waals surface area (Å²) >= 11 is 3.39. The van der Waals surface area contributed by atoms with Gasteiger partial charge in [-0.1, -0.05) is 58.4 Å². The molecule has 2 aromatic carbocycles. The van der Waals surface area contributed by atoms with Crippen LogP contribution < -0.4 is 16.4 Å². The summed E-state index contributed by atoms with van der Waals surface area (Å²) in [5, 5.41) is 15.9. The number of nitrogens with zero attached hydrogens (tertiary/aromatic N) is 1. The van der Waals surface area contributed by atoms with E-state index in [2.05, 4.69) is 26.6 Å². The maximum absolute atomic E-state index is 13.6. The molecule has 4 atom stereocenters. The molecule has 0 aromatic heterocycles. The first-order chi connectivity index (χ1) is 16.2. The molecule has 4 rings (SSSR count). The van der Waals surface area contributed by atoms with Crippen LogP contribution >= 0.6 is 15.9 Å². The van der Waals surface area contributed by atoms with Gasteiger partial charge >= 0.3 is 12.0 Å². The van der Waals surface area contributed by atoms with Crippen LogP contribution in [0.1, 0.15) is 30.0 Å². The molecule has 0 radical (unpaired) electrons. The number of benzene rings is 2. The molecule has 2 heterocycles. The summed E-state index contributed by atoms with van der Waals surface area (Å²) in [5.74, 6) is -4.04. The van der Waals surface area contributed by atoms with E-state index in [0.29, 0.717) is 0 Å². The first-order valence-electron chi connectivity index (χ1n) is 10.9. The Bertz CT molecular complexity index is 1110. The number of rotatable bonds is 8. The van der Waals surface area contributed by atoms with Crippen LogP contribution in [0.4, 0.5) is 4.79 Å². The van der Waals surface area contributed by atoms with E-state index in [0.717, 1.165) is 15.6 Å². The molecule has 0 bridgehead atoms. The van der Waals surface area contributed by atoms with E-state index in [1.807, 2.05) is 54.6 Å². The monoisotopic (exact) mass is 528 g/mol. The molecule has 9 nitrogen and oxygen atoms in total. The highest BCUT2D eigenvalue weighted by Gasteiger charge is 2.68. The summed E-state index contributed by atoms with van der Waals surface area (Å²) in [6, 6.07) is 15.0. The molecule has 5 N–H and O–H groups in total. The van der Waals surface area contributed by atoms with Crippen LogP contribution in [0.5, 0.6) is 0 Å². The second kappa shape index (κ2) is 9.55. The molecule has 2 aliphatic rings. The van der Waals surface area contributed by atoms with Crippen LogP contribution in [0.15, 0.2) is 59.1 Å². The third-order valence-corrected chi connectivity index (χ3v) is 7.12. The zero-order valence-corrected chi connectivity index (χ0v) is 19.8. The second-order valence-corrected chi connectivity index (χ2v) is 9.51. The van der Waals surface area contributed by atoms with E-state index in [1.165, 1.54) is 4.90 Å². The lowest BCUT2D eigenvalue weighted by Crippen LogP contribution is -2.56. The number of aliphatic carboxylic acids is 1. The molecule has 10 heteroatoms. The summed E-state index contributed by atoms with van der Waals surface area (Å²) in [6.45, 7) is 0.236. The minimum absolute atomic E-state index is 0.0367. The highest BCUT2D eigenvalue weighted by Crippen LogP contribution is 2.50. The Labute approximate surface area is 204 Å². The van der Waals surface area contributed by atoms with Crippen molar-refractivity contribution >= 4 is 39.7 Å². The minimum atomic E-state index is -1.67. The lowest BCUT2D eigenvalue weighted by Gasteiger charge is -2.31. The van der Waals surface area contributed by atoms with Gasteiger partial charge in [0.2, 0.25) is 11.8 Å². The maximum Gasteiger partial charge on any atom is 0.324 e. The largest absolute Gasteiger partial charge is 0.480 e. The molecule has 2 aliphatic heterocycles. The molecule has 2 fully saturated rings. The Balaban J connectivity index is 1.71. The molecule has 4 unspecified atom stereocenters. The van der Waals surface area contributed by atoms with Gasteiger partial charge in [-0.25, -0.2) is 4.79 Å². The van der Waals surface area contributed by atoms with Gasteiger partial charge in [0.05, 0.1) is 18.4 Å². The number of imide groups is 1. The van der Waals surface area contributed by atoms with Crippen LogP contribution in [-0.2, 0) is 20.9 Å². The molecule has 2 saturated heterocycles. The Morgan fingerprint density at radius 1 is 1.09 bits per heavy atom. The summed E-state index contributed by atoms with van der Waals surface area (Å²) in [6.07, 6.45) is 0.299. The number of fused-ring (bicyclic) bond motifs is 1. The first-order valence-corrected chi connectivity index (χ1v) is 11.7. The van der Waals surface area contributed by atoms with Gasteiger partial charge in [-0.3, -0.25) is 24.6 Å². The number of carboxylic acids is 1. The molecule has 0 spiro atoms. The van der Waals surface area contributed by atoms with Crippen LogP contribution in [0.2, 0.25) is 0 Å². The summed E-state index contributed by atoms with van der Waals surface area (Å²) < 4.78 is 0.840. The lowest BCUT2D eigenvalue weighted by molar-refractivity contribution is -0.152. The Morgan fingerprint density at radius 2 is 1.76 bits per heavy atom. The molecule has 178 valence electrons. The fourth-order valence-corrected chi connectivity index (χ4v) is 5.32. The van der Waals surface area contributed by atoms with Crippen molar-refractivity contribution in [2.75, 3.05) is 6.54 Å². The highest BCUT2D eigenvalue weighted by atomic mass is 79.9. The number of halogens is 1. The highest BCUT2D eigenvalue weighted by molar-refractivity contribution is 9.10. The fourth-order valence-electron chi connectivity index (χ4n) is 5.05. The normalized spacial score (nSPS) is 25.9. The maximum atomic E-state index is 13.6. The van der Waals surface area contributed by atoms with Crippen molar-refractivity contribution in [3.05, 3.63) is 70.2 Å².